The van der Waals surface area contributed by atoms with Gasteiger partial charge < -0.3 is 14.8 Å². The summed E-state index contributed by atoms with van der Waals surface area (Å²) in [5.41, 5.74) is 1.36. The molecule has 5 nitrogen and oxygen atoms in total. The number of ether oxygens (including phenoxy) is 2. The number of hydrogen-bond donors (Lipinski definition) is 1. The van der Waals surface area contributed by atoms with Crippen LogP contribution in [0.3, 0.4) is 0 Å². The van der Waals surface area contributed by atoms with Gasteiger partial charge in [-0.2, -0.15) is 5.26 Å². The van der Waals surface area contributed by atoms with Crippen LogP contribution in [-0.4, -0.2) is 37.5 Å². The largest absolute Gasteiger partial charge is 0.384 e. The monoisotopic (exact) mass is 261 g/mol. The third kappa shape index (κ3) is 4.86. The molecular weight excluding hydrogens is 242 g/mol. The van der Waals surface area contributed by atoms with Crippen molar-refractivity contribution in [3.8, 4) is 6.07 Å². The van der Waals surface area contributed by atoms with Gasteiger partial charge in [0.15, 0.2) is 0 Å². The molecule has 1 atom stereocenters. The highest BCUT2D eigenvalue weighted by Crippen LogP contribution is 2.12. The molecular formula is C14H19N3O2. The lowest BCUT2D eigenvalue weighted by Crippen LogP contribution is -2.15. The Kier molecular flexibility index (Phi) is 5.60. The molecule has 1 aliphatic heterocycles. The zero-order valence-electron chi connectivity index (χ0n) is 11.0. The average Bonchev–Trinajstić information content (AvgIpc) is 2.96. The van der Waals surface area contributed by atoms with Crippen molar-refractivity contribution in [2.45, 2.75) is 25.4 Å². The minimum absolute atomic E-state index is 0.302. The Hall–Kier alpha value is -1.64. The van der Waals surface area contributed by atoms with Crippen LogP contribution in [0, 0.1) is 11.3 Å². The van der Waals surface area contributed by atoms with Crippen LogP contribution in [-0.2, 0) is 9.47 Å². The van der Waals surface area contributed by atoms with Crippen molar-refractivity contribution in [2.24, 2.45) is 0 Å². The molecule has 1 aromatic rings. The maximum absolute atomic E-state index is 8.63. The van der Waals surface area contributed by atoms with Gasteiger partial charge in [0.2, 0.25) is 0 Å². The smallest absolute Gasteiger partial charge is 0.140 e. The topological polar surface area (TPSA) is 67.2 Å². The number of nitriles is 1. The van der Waals surface area contributed by atoms with Crippen molar-refractivity contribution in [1.29, 1.82) is 5.26 Å². The van der Waals surface area contributed by atoms with Gasteiger partial charge in [0.25, 0.3) is 0 Å². The van der Waals surface area contributed by atoms with Crippen molar-refractivity contribution in [3.63, 3.8) is 0 Å². The second-order valence-corrected chi connectivity index (χ2v) is 4.53. The van der Waals surface area contributed by atoms with Crippen molar-refractivity contribution >= 4 is 5.69 Å². The zero-order valence-corrected chi connectivity index (χ0v) is 11.0. The maximum atomic E-state index is 8.63. The Bertz CT molecular complexity index is 408. The molecule has 0 aromatic carbocycles. The molecule has 1 N–H and O–H groups in total. The number of pyridine rings is 1. The lowest BCUT2D eigenvalue weighted by atomic mass is 10.2. The summed E-state index contributed by atoms with van der Waals surface area (Å²) in [6.07, 6.45) is 5.19. The molecule has 0 spiro atoms. The number of anilines is 1. The van der Waals surface area contributed by atoms with E-state index in [1.54, 1.807) is 12.3 Å². The third-order valence-electron chi connectivity index (χ3n) is 3.00. The Morgan fingerprint density at radius 3 is 3.16 bits per heavy atom. The molecule has 1 aromatic heterocycles. The summed E-state index contributed by atoms with van der Waals surface area (Å²) >= 11 is 0. The molecule has 102 valence electrons. The molecule has 1 unspecified atom stereocenters. The van der Waals surface area contributed by atoms with E-state index in [0.717, 1.165) is 44.7 Å². The van der Waals surface area contributed by atoms with E-state index in [-0.39, 0.29) is 0 Å². The highest BCUT2D eigenvalue weighted by atomic mass is 16.5. The third-order valence-corrected chi connectivity index (χ3v) is 3.00. The van der Waals surface area contributed by atoms with E-state index < -0.39 is 0 Å². The number of hydrogen-bond acceptors (Lipinski definition) is 5. The normalized spacial score (nSPS) is 18.2. The molecule has 0 radical (unpaired) electrons. The van der Waals surface area contributed by atoms with E-state index in [1.807, 2.05) is 12.1 Å². The summed E-state index contributed by atoms with van der Waals surface area (Å²) in [4.78, 5) is 3.99. The predicted molar refractivity (Wildman–Crippen MR) is 71.9 cm³/mol. The summed E-state index contributed by atoms with van der Waals surface area (Å²) in [7, 11) is 0. The van der Waals surface area contributed by atoms with E-state index in [4.69, 9.17) is 14.7 Å². The van der Waals surface area contributed by atoms with Crippen LogP contribution in [0.1, 0.15) is 25.0 Å². The number of aromatic nitrogens is 1. The fourth-order valence-corrected chi connectivity index (χ4v) is 1.96. The first-order valence-corrected chi connectivity index (χ1v) is 6.68. The molecule has 0 aliphatic carbocycles. The van der Waals surface area contributed by atoms with Gasteiger partial charge in [0.05, 0.1) is 24.6 Å². The van der Waals surface area contributed by atoms with Crippen LogP contribution in [0.25, 0.3) is 0 Å². The first-order valence-electron chi connectivity index (χ1n) is 6.68. The van der Waals surface area contributed by atoms with E-state index in [2.05, 4.69) is 10.3 Å². The Balaban J connectivity index is 1.52. The standard InChI is InChI=1S/C14H19N3O2/c15-9-12-4-5-13(10-17-12)16-6-2-7-18-11-14-3-1-8-19-14/h4-5,10,14,16H,1-3,6-8,11H2. The maximum Gasteiger partial charge on any atom is 0.140 e. The van der Waals surface area contributed by atoms with E-state index >= 15 is 0 Å². The summed E-state index contributed by atoms with van der Waals surface area (Å²) in [6, 6.07) is 5.56. The first-order chi connectivity index (χ1) is 9.38. The van der Waals surface area contributed by atoms with E-state index in [9.17, 15) is 0 Å². The molecule has 1 fully saturated rings. The summed E-state index contributed by atoms with van der Waals surface area (Å²) in [5.74, 6) is 0. The Labute approximate surface area is 113 Å². The van der Waals surface area contributed by atoms with Crippen LogP contribution >= 0.6 is 0 Å². The number of rotatable bonds is 7. The quantitative estimate of drug-likeness (QED) is 0.760. The van der Waals surface area contributed by atoms with Gasteiger partial charge in [-0.3, -0.25) is 0 Å². The van der Waals surface area contributed by atoms with Crippen molar-refractivity contribution in [1.82, 2.24) is 4.98 Å². The highest BCUT2D eigenvalue weighted by Gasteiger charge is 2.14. The number of nitrogens with zero attached hydrogens (tertiary/aromatic N) is 2. The minimum Gasteiger partial charge on any atom is -0.384 e. The van der Waals surface area contributed by atoms with Crippen LogP contribution in [0.2, 0.25) is 0 Å². The molecule has 1 saturated heterocycles. The summed E-state index contributed by atoms with van der Waals surface area (Å²) in [5, 5.41) is 11.9. The summed E-state index contributed by atoms with van der Waals surface area (Å²) < 4.78 is 11.0. The van der Waals surface area contributed by atoms with Gasteiger partial charge in [0.1, 0.15) is 11.8 Å². The van der Waals surface area contributed by atoms with Crippen LogP contribution in [0.15, 0.2) is 18.3 Å². The van der Waals surface area contributed by atoms with Gasteiger partial charge in [-0.05, 0) is 31.4 Å². The average molecular weight is 261 g/mol. The first kappa shape index (κ1) is 13.8. The lowest BCUT2D eigenvalue weighted by molar-refractivity contribution is 0.0172. The van der Waals surface area contributed by atoms with Gasteiger partial charge >= 0.3 is 0 Å². The zero-order chi connectivity index (χ0) is 13.3. The van der Waals surface area contributed by atoms with E-state index in [1.165, 1.54) is 0 Å². The minimum atomic E-state index is 0.302. The van der Waals surface area contributed by atoms with Crippen molar-refractivity contribution < 1.29 is 9.47 Å². The number of nitrogens with one attached hydrogen (secondary N) is 1. The summed E-state index contributed by atoms with van der Waals surface area (Å²) in [6.45, 7) is 3.15. The van der Waals surface area contributed by atoms with E-state index in [0.29, 0.717) is 18.4 Å². The van der Waals surface area contributed by atoms with Gasteiger partial charge in [-0.25, -0.2) is 4.98 Å². The second-order valence-electron chi connectivity index (χ2n) is 4.53. The highest BCUT2D eigenvalue weighted by molar-refractivity contribution is 5.42. The van der Waals surface area contributed by atoms with Crippen LogP contribution < -0.4 is 5.32 Å². The lowest BCUT2D eigenvalue weighted by Gasteiger charge is -2.10. The van der Waals surface area contributed by atoms with Gasteiger partial charge in [-0.1, -0.05) is 0 Å². The molecule has 0 amide bonds. The molecule has 5 heteroatoms. The Morgan fingerprint density at radius 2 is 2.47 bits per heavy atom. The molecule has 0 saturated carbocycles. The second kappa shape index (κ2) is 7.72. The predicted octanol–water partition coefficient (Wildman–Crippen LogP) is 1.95. The Morgan fingerprint density at radius 1 is 1.53 bits per heavy atom. The fraction of sp³-hybridized carbons (Fsp3) is 0.571. The molecule has 2 heterocycles. The molecule has 19 heavy (non-hydrogen) atoms. The van der Waals surface area contributed by atoms with Crippen molar-refractivity contribution in [2.75, 3.05) is 31.7 Å². The fourth-order valence-electron chi connectivity index (χ4n) is 1.96. The SMILES string of the molecule is N#Cc1ccc(NCCCOCC2CCCO2)cn1. The van der Waals surface area contributed by atoms with Gasteiger partial charge in [-0.15, -0.1) is 0 Å². The molecule has 0 bridgehead atoms. The van der Waals surface area contributed by atoms with Gasteiger partial charge in [0, 0.05) is 19.8 Å². The van der Waals surface area contributed by atoms with Crippen LogP contribution in [0.4, 0.5) is 5.69 Å². The van der Waals surface area contributed by atoms with Crippen molar-refractivity contribution in [3.05, 3.63) is 24.0 Å². The van der Waals surface area contributed by atoms with Crippen LogP contribution in [0.5, 0.6) is 0 Å². The molecule has 1 aliphatic rings. The molecule has 2 rings (SSSR count).